The van der Waals surface area contributed by atoms with E-state index in [9.17, 15) is 4.79 Å². The van der Waals surface area contributed by atoms with Crippen LogP contribution in [0, 0.1) is 11.3 Å². The fourth-order valence-corrected chi connectivity index (χ4v) is 7.49. The number of hydrogen-bond acceptors (Lipinski definition) is 3. The normalized spacial score (nSPS) is 30.7. The molecule has 0 radical (unpaired) electrons. The number of carbonyl (C=O) groups is 1. The first-order valence-corrected chi connectivity index (χ1v) is 13.7. The van der Waals surface area contributed by atoms with E-state index in [-0.39, 0.29) is 23.5 Å². The van der Waals surface area contributed by atoms with Crippen molar-refractivity contribution in [3.8, 4) is 0 Å². The van der Waals surface area contributed by atoms with Gasteiger partial charge in [-0.25, -0.2) is 0 Å². The van der Waals surface area contributed by atoms with Crippen LogP contribution in [0.15, 0.2) is 48.5 Å². The van der Waals surface area contributed by atoms with Crippen LogP contribution in [0.4, 0.5) is 0 Å². The van der Waals surface area contributed by atoms with Gasteiger partial charge in [0.2, 0.25) is 0 Å². The van der Waals surface area contributed by atoms with Gasteiger partial charge in [0.25, 0.3) is 5.91 Å². The third-order valence-corrected chi connectivity index (χ3v) is 9.68. The Morgan fingerprint density at radius 3 is 2.54 bits per heavy atom. The molecule has 2 aromatic rings. The van der Waals surface area contributed by atoms with Crippen LogP contribution in [-0.4, -0.2) is 29.1 Å². The Hall–Kier alpha value is -2.24. The highest BCUT2D eigenvalue weighted by Crippen LogP contribution is 2.60. The van der Waals surface area contributed by atoms with Crippen LogP contribution < -0.4 is 5.32 Å². The van der Waals surface area contributed by atoms with E-state index < -0.39 is 5.54 Å². The molecule has 3 fully saturated rings. The van der Waals surface area contributed by atoms with Gasteiger partial charge in [-0.2, -0.15) is 0 Å². The standard InChI is InChI=1S/C30H36N2O2S/c1-20(23-6-4-3-5-7-23)32-27(33)30(31-28(32)35)26-18-22(11-10-21-8-9-21)12-13-24(26)19-29(30)16-14-25(34-2)15-17-29/h3-7,12-13,18,20-21,25H,8-11,14-17,19H2,1-2H3,(H,31,35). The minimum atomic E-state index is -0.781. The molecule has 2 saturated carbocycles. The summed E-state index contributed by atoms with van der Waals surface area (Å²) in [5.41, 5.74) is 4.00. The van der Waals surface area contributed by atoms with Gasteiger partial charge in [0.1, 0.15) is 0 Å². The highest BCUT2D eigenvalue weighted by Gasteiger charge is 2.67. The predicted octanol–water partition coefficient (Wildman–Crippen LogP) is 5.83. The van der Waals surface area contributed by atoms with E-state index in [1.165, 1.54) is 36.0 Å². The lowest BCUT2D eigenvalue weighted by Gasteiger charge is -2.46. The van der Waals surface area contributed by atoms with Gasteiger partial charge in [0.05, 0.1) is 12.1 Å². The van der Waals surface area contributed by atoms with E-state index in [0.29, 0.717) is 5.11 Å². The molecule has 6 rings (SSSR count). The summed E-state index contributed by atoms with van der Waals surface area (Å²) in [4.78, 5) is 16.5. The summed E-state index contributed by atoms with van der Waals surface area (Å²) >= 11 is 5.93. The first-order valence-electron chi connectivity index (χ1n) is 13.3. The Labute approximate surface area is 214 Å². The molecule has 1 heterocycles. The smallest absolute Gasteiger partial charge is 0.260 e. The third-order valence-electron chi connectivity index (χ3n) is 9.39. The average Bonchev–Trinajstić information content (AvgIpc) is 3.63. The monoisotopic (exact) mass is 488 g/mol. The van der Waals surface area contributed by atoms with Gasteiger partial charge >= 0.3 is 0 Å². The van der Waals surface area contributed by atoms with Crippen LogP contribution in [-0.2, 0) is 27.9 Å². The molecule has 2 unspecified atom stereocenters. The number of rotatable bonds is 6. The zero-order valence-corrected chi connectivity index (χ0v) is 21.7. The molecule has 1 N–H and O–H groups in total. The molecule has 0 aromatic heterocycles. The summed E-state index contributed by atoms with van der Waals surface area (Å²) < 4.78 is 5.73. The number of aryl methyl sites for hydroxylation is 1. The van der Waals surface area contributed by atoms with Crippen LogP contribution in [0.2, 0.25) is 0 Å². The van der Waals surface area contributed by atoms with Gasteiger partial charge < -0.3 is 10.1 Å². The number of nitrogens with one attached hydrogen (secondary N) is 1. The van der Waals surface area contributed by atoms with Crippen molar-refractivity contribution in [2.45, 2.75) is 82.4 Å². The maximum Gasteiger partial charge on any atom is 0.260 e. The van der Waals surface area contributed by atoms with E-state index in [4.69, 9.17) is 17.0 Å². The van der Waals surface area contributed by atoms with E-state index >= 15 is 0 Å². The quantitative estimate of drug-likeness (QED) is 0.519. The SMILES string of the molecule is COC1CCC2(CC1)Cc1ccc(CCC3CC3)cc1C21NC(=S)N(C(C)c2ccccc2)C1=O. The van der Waals surface area contributed by atoms with Crippen LogP contribution in [0.25, 0.3) is 0 Å². The van der Waals surface area contributed by atoms with Crippen molar-refractivity contribution in [3.63, 3.8) is 0 Å². The van der Waals surface area contributed by atoms with Gasteiger partial charge in [0, 0.05) is 12.5 Å². The van der Waals surface area contributed by atoms with Gasteiger partial charge in [-0.15, -0.1) is 0 Å². The highest BCUT2D eigenvalue weighted by atomic mass is 32.1. The summed E-state index contributed by atoms with van der Waals surface area (Å²) in [5.74, 6) is 1.03. The molecule has 184 valence electrons. The molecular weight excluding hydrogens is 452 g/mol. The van der Waals surface area contributed by atoms with Crippen molar-refractivity contribution in [1.29, 1.82) is 0 Å². The number of amides is 1. The predicted molar refractivity (Wildman–Crippen MR) is 142 cm³/mol. The summed E-state index contributed by atoms with van der Waals surface area (Å²) in [7, 11) is 1.81. The summed E-state index contributed by atoms with van der Waals surface area (Å²) in [6.45, 7) is 2.09. The summed E-state index contributed by atoms with van der Waals surface area (Å²) in [6, 6.07) is 17.1. The molecule has 35 heavy (non-hydrogen) atoms. The number of ether oxygens (including phenoxy) is 1. The minimum absolute atomic E-state index is 0.113. The average molecular weight is 489 g/mol. The Morgan fingerprint density at radius 2 is 1.86 bits per heavy atom. The van der Waals surface area contributed by atoms with Crippen molar-refractivity contribution >= 4 is 23.2 Å². The molecule has 4 nitrogen and oxygen atoms in total. The topological polar surface area (TPSA) is 41.6 Å². The van der Waals surface area contributed by atoms with E-state index in [1.807, 2.05) is 30.2 Å². The summed E-state index contributed by atoms with van der Waals surface area (Å²) in [6.07, 6.45) is 10.2. The van der Waals surface area contributed by atoms with E-state index in [2.05, 4.69) is 42.6 Å². The summed E-state index contributed by atoms with van der Waals surface area (Å²) in [5, 5.41) is 4.27. The maximum absolute atomic E-state index is 14.7. The lowest BCUT2D eigenvalue weighted by atomic mass is 9.61. The lowest BCUT2D eigenvalue weighted by molar-refractivity contribution is -0.139. The lowest BCUT2D eigenvalue weighted by Crippen LogP contribution is -2.56. The van der Waals surface area contributed by atoms with Crippen molar-refractivity contribution in [3.05, 3.63) is 70.8 Å². The van der Waals surface area contributed by atoms with Crippen molar-refractivity contribution in [2.24, 2.45) is 11.3 Å². The Balaban J connectivity index is 1.42. The van der Waals surface area contributed by atoms with E-state index in [1.54, 1.807) is 0 Å². The zero-order valence-electron chi connectivity index (χ0n) is 20.9. The highest BCUT2D eigenvalue weighted by molar-refractivity contribution is 7.80. The van der Waals surface area contributed by atoms with Gasteiger partial charge in [-0.1, -0.05) is 61.4 Å². The van der Waals surface area contributed by atoms with Gasteiger partial charge in [-0.05, 0) is 92.3 Å². The first-order chi connectivity index (χ1) is 17.0. The fraction of sp³-hybridized carbons (Fsp3) is 0.533. The van der Waals surface area contributed by atoms with Crippen LogP contribution in [0.3, 0.4) is 0 Å². The second-order valence-electron chi connectivity index (χ2n) is 11.3. The number of nitrogens with zero attached hydrogens (tertiary/aromatic N) is 1. The Morgan fingerprint density at radius 1 is 1.11 bits per heavy atom. The van der Waals surface area contributed by atoms with Crippen LogP contribution in [0.5, 0.6) is 0 Å². The molecular formula is C30H36N2O2S. The number of methoxy groups -OCH3 is 1. The molecule has 5 heteroatoms. The zero-order chi connectivity index (χ0) is 24.2. The van der Waals surface area contributed by atoms with Crippen molar-refractivity contribution < 1.29 is 9.53 Å². The van der Waals surface area contributed by atoms with Crippen molar-refractivity contribution in [2.75, 3.05) is 7.11 Å². The Kier molecular flexibility index (Phi) is 5.76. The molecule has 4 aliphatic rings. The maximum atomic E-state index is 14.7. The molecule has 1 amide bonds. The number of hydrogen-bond donors (Lipinski definition) is 1. The minimum Gasteiger partial charge on any atom is -0.381 e. The molecule has 1 saturated heterocycles. The molecule has 0 bridgehead atoms. The number of benzene rings is 2. The molecule has 1 aliphatic heterocycles. The number of carbonyl (C=O) groups excluding carboxylic acids is 1. The molecule has 2 atom stereocenters. The van der Waals surface area contributed by atoms with Crippen LogP contribution >= 0.6 is 12.2 Å². The third kappa shape index (κ3) is 3.65. The van der Waals surface area contributed by atoms with Gasteiger partial charge in [0.15, 0.2) is 10.7 Å². The largest absolute Gasteiger partial charge is 0.381 e. The first kappa shape index (κ1) is 23.2. The van der Waals surface area contributed by atoms with Crippen molar-refractivity contribution in [1.82, 2.24) is 10.2 Å². The number of fused-ring (bicyclic) bond motifs is 3. The van der Waals surface area contributed by atoms with Gasteiger partial charge in [-0.3, -0.25) is 9.69 Å². The fourth-order valence-electron chi connectivity index (χ4n) is 7.10. The second-order valence-corrected chi connectivity index (χ2v) is 11.7. The molecule has 2 aromatic carbocycles. The molecule has 3 aliphatic carbocycles. The van der Waals surface area contributed by atoms with E-state index in [0.717, 1.165) is 50.0 Å². The van der Waals surface area contributed by atoms with Crippen LogP contribution in [0.1, 0.15) is 80.2 Å². The Bertz CT molecular complexity index is 1140. The number of thiocarbonyl (C=S) groups is 1. The molecule has 2 spiro atoms. The second kappa shape index (κ2) is 8.70.